The van der Waals surface area contributed by atoms with Crippen LogP contribution in [-0.2, 0) is 47.6 Å². The van der Waals surface area contributed by atoms with Crippen LogP contribution in [0.5, 0.6) is 0 Å². The fraction of sp³-hybridized carbons (Fsp3) is 0.684. The summed E-state index contributed by atoms with van der Waals surface area (Å²) >= 11 is 0. The number of rotatable bonds is 10. The summed E-state index contributed by atoms with van der Waals surface area (Å²) in [5, 5.41) is 0. The third-order valence-electron chi connectivity index (χ3n) is 3.78. The minimum absolute atomic E-state index is 0.236. The smallest absolute Gasteiger partial charge is 0.303 e. The summed E-state index contributed by atoms with van der Waals surface area (Å²) in [5.74, 6) is -2.63. The average Bonchev–Trinajstić information content (AvgIpc) is 2.60. The van der Waals surface area contributed by atoms with Crippen LogP contribution < -0.4 is 0 Å². The average molecular weight is 416 g/mol. The van der Waals surface area contributed by atoms with E-state index < -0.39 is 54.6 Å². The molecule has 29 heavy (non-hydrogen) atoms. The normalized spacial score (nSPS) is 26.1. The lowest BCUT2D eigenvalue weighted by Crippen LogP contribution is -2.63. The molecule has 1 heterocycles. The molecular formula is C19H28O10. The number of hydrogen-bond acceptors (Lipinski definition) is 10. The lowest BCUT2D eigenvalue weighted by Gasteiger charge is -2.44. The van der Waals surface area contributed by atoms with Gasteiger partial charge in [-0.2, -0.15) is 0 Å². The SMILES string of the molecule is C=CCCCOC1O[C@@H](COC(C)=O)[C@H](OC(C)=O)[C@@H](OC(C)=O)[C@H]1OC(C)=O. The number of allylic oxidation sites excluding steroid dienone is 1. The first kappa shape index (κ1) is 24.6. The van der Waals surface area contributed by atoms with Crippen molar-refractivity contribution in [3.8, 4) is 0 Å². The van der Waals surface area contributed by atoms with E-state index in [0.717, 1.165) is 13.8 Å². The Morgan fingerprint density at radius 3 is 1.93 bits per heavy atom. The Hall–Kier alpha value is -2.46. The molecule has 0 aromatic heterocycles. The summed E-state index contributed by atoms with van der Waals surface area (Å²) in [7, 11) is 0. The quantitative estimate of drug-likeness (QED) is 0.221. The summed E-state index contributed by atoms with van der Waals surface area (Å²) in [6, 6.07) is 0. The highest BCUT2D eigenvalue weighted by Gasteiger charge is 2.52. The molecule has 0 aromatic rings. The summed E-state index contributed by atoms with van der Waals surface area (Å²) < 4.78 is 32.3. The zero-order valence-corrected chi connectivity index (χ0v) is 17.1. The van der Waals surface area contributed by atoms with E-state index in [-0.39, 0.29) is 13.2 Å². The Bertz CT molecular complexity index is 602. The molecule has 1 aliphatic heterocycles. The molecule has 0 aromatic carbocycles. The third kappa shape index (κ3) is 8.61. The molecular weight excluding hydrogens is 388 g/mol. The van der Waals surface area contributed by atoms with E-state index in [2.05, 4.69) is 6.58 Å². The Morgan fingerprint density at radius 1 is 0.862 bits per heavy atom. The molecule has 5 atom stereocenters. The van der Waals surface area contributed by atoms with Crippen molar-refractivity contribution in [2.45, 2.75) is 71.2 Å². The fourth-order valence-electron chi connectivity index (χ4n) is 2.75. The minimum Gasteiger partial charge on any atom is -0.463 e. The van der Waals surface area contributed by atoms with Gasteiger partial charge in [-0.15, -0.1) is 6.58 Å². The van der Waals surface area contributed by atoms with Gasteiger partial charge < -0.3 is 28.4 Å². The summed E-state index contributed by atoms with van der Waals surface area (Å²) in [6.07, 6.45) is -2.73. The van der Waals surface area contributed by atoms with Crippen molar-refractivity contribution >= 4 is 23.9 Å². The molecule has 0 amide bonds. The molecule has 0 N–H and O–H groups in total. The first-order chi connectivity index (χ1) is 13.6. The maximum absolute atomic E-state index is 11.7. The molecule has 0 spiro atoms. The highest BCUT2D eigenvalue weighted by atomic mass is 16.7. The molecule has 1 aliphatic rings. The topological polar surface area (TPSA) is 124 Å². The summed E-state index contributed by atoms with van der Waals surface area (Å²) in [5.41, 5.74) is 0. The van der Waals surface area contributed by atoms with E-state index in [0.29, 0.717) is 12.8 Å². The van der Waals surface area contributed by atoms with Crippen LogP contribution >= 0.6 is 0 Å². The van der Waals surface area contributed by atoms with Gasteiger partial charge in [0.2, 0.25) is 0 Å². The lowest BCUT2D eigenvalue weighted by atomic mass is 9.98. The van der Waals surface area contributed by atoms with Gasteiger partial charge in [0, 0.05) is 27.7 Å². The predicted molar refractivity (Wildman–Crippen MR) is 97.3 cm³/mol. The molecule has 1 fully saturated rings. The first-order valence-electron chi connectivity index (χ1n) is 9.18. The third-order valence-corrected chi connectivity index (χ3v) is 3.78. The zero-order valence-electron chi connectivity index (χ0n) is 17.1. The van der Waals surface area contributed by atoms with Gasteiger partial charge in [0.25, 0.3) is 0 Å². The number of esters is 4. The van der Waals surface area contributed by atoms with Gasteiger partial charge in [-0.25, -0.2) is 0 Å². The molecule has 1 unspecified atom stereocenters. The maximum atomic E-state index is 11.7. The Kier molecular flexibility index (Phi) is 10.3. The highest BCUT2D eigenvalue weighted by Crippen LogP contribution is 2.30. The standard InChI is InChI=1S/C19H28O10/c1-6-7-8-9-24-19-18(28-14(5)23)17(27-13(4)22)16(26-12(3)21)15(29-19)10-25-11(2)20/h6,15-19H,1,7-10H2,2-5H3/t15-,16-,17+,18+,19?/m0/s1. The lowest BCUT2D eigenvalue weighted by molar-refractivity contribution is -0.308. The van der Waals surface area contributed by atoms with Crippen molar-refractivity contribution in [1.29, 1.82) is 0 Å². The number of carbonyl (C=O) groups excluding carboxylic acids is 4. The molecule has 164 valence electrons. The predicted octanol–water partition coefficient (Wildman–Crippen LogP) is 1.05. The van der Waals surface area contributed by atoms with Crippen LogP contribution in [-0.4, -0.2) is 67.8 Å². The monoisotopic (exact) mass is 416 g/mol. The van der Waals surface area contributed by atoms with Crippen LogP contribution in [0.15, 0.2) is 12.7 Å². The van der Waals surface area contributed by atoms with E-state index in [4.69, 9.17) is 28.4 Å². The van der Waals surface area contributed by atoms with Crippen LogP contribution in [0.2, 0.25) is 0 Å². The highest BCUT2D eigenvalue weighted by molar-refractivity contribution is 5.68. The van der Waals surface area contributed by atoms with Gasteiger partial charge in [0.15, 0.2) is 24.6 Å². The van der Waals surface area contributed by atoms with Gasteiger partial charge >= 0.3 is 23.9 Å². The van der Waals surface area contributed by atoms with Gasteiger partial charge in [-0.3, -0.25) is 19.2 Å². The van der Waals surface area contributed by atoms with Crippen LogP contribution in [0, 0.1) is 0 Å². The molecule has 0 aliphatic carbocycles. The van der Waals surface area contributed by atoms with Crippen molar-refractivity contribution in [2.75, 3.05) is 13.2 Å². The van der Waals surface area contributed by atoms with E-state index in [1.165, 1.54) is 13.8 Å². The van der Waals surface area contributed by atoms with Crippen molar-refractivity contribution in [3.05, 3.63) is 12.7 Å². The van der Waals surface area contributed by atoms with Crippen LogP contribution in [0.25, 0.3) is 0 Å². The van der Waals surface area contributed by atoms with Gasteiger partial charge in [-0.05, 0) is 12.8 Å². The molecule has 0 bridgehead atoms. The van der Waals surface area contributed by atoms with Gasteiger partial charge in [-0.1, -0.05) is 6.08 Å². The molecule has 0 radical (unpaired) electrons. The number of carbonyl (C=O) groups is 4. The van der Waals surface area contributed by atoms with Gasteiger partial charge in [0.1, 0.15) is 12.7 Å². The van der Waals surface area contributed by atoms with E-state index >= 15 is 0 Å². The van der Waals surface area contributed by atoms with Gasteiger partial charge in [0.05, 0.1) is 6.61 Å². The second-order valence-electron chi connectivity index (χ2n) is 6.37. The van der Waals surface area contributed by atoms with E-state index in [1.54, 1.807) is 6.08 Å². The Labute approximate surface area is 169 Å². The summed E-state index contributed by atoms with van der Waals surface area (Å²) in [4.78, 5) is 46.1. The van der Waals surface area contributed by atoms with Crippen LogP contribution in [0.1, 0.15) is 40.5 Å². The Balaban J connectivity index is 3.19. The zero-order chi connectivity index (χ0) is 22.0. The number of ether oxygens (including phenoxy) is 6. The second-order valence-corrected chi connectivity index (χ2v) is 6.37. The molecule has 1 rings (SSSR count). The largest absolute Gasteiger partial charge is 0.463 e. The maximum Gasteiger partial charge on any atom is 0.303 e. The Morgan fingerprint density at radius 2 is 1.41 bits per heavy atom. The van der Waals surface area contributed by atoms with Crippen molar-refractivity contribution in [3.63, 3.8) is 0 Å². The molecule has 0 saturated carbocycles. The van der Waals surface area contributed by atoms with Crippen molar-refractivity contribution in [1.82, 2.24) is 0 Å². The number of unbranched alkanes of at least 4 members (excludes halogenated alkanes) is 1. The molecule has 10 nitrogen and oxygen atoms in total. The van der Waals surface area contributed by atoms with Crippen molar-refractivity contribution in [2.24, 2.45) is 0 Å². The fourth-order valence-corrected chi connectivity index (χ4v) is 2.75. The van der Waals surface area contributed by atoms with E-state index in [9.17, 15) is 19.2 Å². The van der Waals surface area contributed by atoms with Crippen molar-refractivity contribution < 1.29 is 47.6 Å². The number of hydrogen-bond donors (Lipinski definition) is 0. The molecule has 1 saturated heterocycles. The summed E-state index contributed by atoms with van der Waals surface area (Å²) in [6.45, 7) is 8.27. The van der Waals surface area contributed by atoms with Crippen LogP contribution in [0.3, 0.4) is 0 Å². The second kappa shape index (κ2) is 12.2. The van der Waals surface area contributed by atoms with Crippen LogP contribution in [0.4, 0.5) is 0 Å². The first-order valence-corrected chi connectivity index (χ1v) is 9.18. The molecule has 10 heteroatoms. The van der Waals surface area contributed by atoms with E-state index in [1.807, 2.05) is 0 Å². The minimum atomic E-state index is -1.22.